The van der Waals surface area contributed by atoms with Crippen LogP contribution in [0.1, 0.15) is 31.7 Å². The van der Waals surface area contributed by atoms with E-state index in [1.54, 1.807) is 11.8 Å². The number of aliphatic carboxylic acids is 1. The van der Waals surface area contributed by atoms with Gasteiger partial charge in [0.25, 0.3) is 0 Å². The van der Waals surface area contributed by atoms with Gasteiger partial charge in [-0.2, -0.15) is 11.8 Å². The molecule has 1 saturated heterocycles. The highest BCUT2D eigenvalue weighted by Gasteiger charge is 2.39. The first-order valence-electron chi connectivity index (χ1n) is 11.3. The Morgan fingerprint density at radius 2 is 1.88 bits per heavy atom. The van der Waals surface area contributed by atoms with Gasteiger partial charge in [-0.1, -0.05) is 30.3 Å². The molecule has 3 amide bonds. The van der Waals surface area contributed by atoms with Crippen molar-refractivity contribution in [3.05, 3.63) is 35.9 Å². The quantitative estimate of drug-likeness (QED) is 0.265. The average Bonchev–Trinajstić information content (AvgIpc) is 3.30. The molecule has 5 atom stereocenters. The molecule has 1 aromatic carbocycles. The molecule has 1 aromatic rings. The number of aliphatic hydroxyl groups is 1. The number of carboxylic acid groups (broad SMARTS) is 1. The number of carbonyl (C=O) groups is 4. The van der Waals surface area contributed by atoms with Gasteiger partial charge in [0.15, 0.2) is 6.04 Å². The van der Waals surface area contributed by atoms with Crippen LogP contribution in [0.3, 0.4) is 0 Å². The molecule has 5 unspecified atom stereocenters. The van der Waals surface area contributed by atoms with Crippen LogP contribution in [0.4, 0.5) is 0 Å². The normalized spacial score (nSPS) is 19.1. The lowest BCUT2D eigenvalue weighted by atomic mass is 10.0. The third-order valence-corrected chi connectivity index (χ3v) is 6.40. The lowest BCUT2D eigenvalue weighted by Gasteiger charge is -2.30. The summed E-state index contributed by atoms with van der Waals surface area (Å²) in [5.41, 5.74) is 6.82. The first-order valence-corrected chi connectivity index (χ1v) is 12.7. The maximum atomic E-state index is 13.5. The van der Waals surface area contributed by atoms with Crippen LogP contribution in [0, 0.1) is 0 Å². The SMILES string of the molecule is CSCCC(N)C(=O)NC(Cc1ccccc1)C(=O)N1CCCC1C(=O)NC(C(=O)O)C(C)O. The van der Waals surface area contributed by atoms with Gasteiger partial charge in [0.1, 0.15) is 12.1 Å². The summed E-state index contributed by atoms with van der Waals surface area (Å²) in [5, 5.41) is 24.0. The van der Waals surface area contributed by atoms with Crippen molar-refractivity contribution in [3.8, 4) is 0 Å². The second kappa shape index (κ2) is 13.3. The topological polar surface area (TPSA) is 162 Å². The van der Waals surface area contributed by atoms with Crippen molar-refractivity contribution in [1.82, 2.24) is 15.5 Å². The zero-order valence-electron chi connectivity index (χ0n) is 19.5. The van der Waals surface area contributed by atoms with Gasteiger partial charge in [-0.3, -0.25) is 14.4 Å². The van der Waals surface area contributed by atoms with Crippen molar-refractivity contribution in [2.75, 3.05) is 18.6 Å². The molecule has 2 rings (SSSR count). The molecule has 11 heteroatoms. The van der Waals surface area contributed by atoms with Crippen molar-refractivity contribution >= 4 is 35.5 Å². The summed E-state index contributed by atoms with van der Waals surface area (Å²) in [6, 6.07) is 5.11. The summed E-state index contributed by atoms with van der Waals surface area (Å²) in [5.74, 6) is -2.19. The number of carbonyl (C=O) groups excluding carboxylic acids is 3. The van der Waals surface area contributed by atoms with Gasteiger partial charge in [0.2, 0.25) is 17.7 Å². The van der Waals surface area contributed by atoms with Crippen molar-refractivity contribution < 1.29 is 29.4 Å². The fourth-order valence-corrected chi connectivity index (χ4v) is 4.34. The second-order valence-corrected chi connectivity index (χ2v) is 9.38. The number of aliphatic hydroxyl groups excluding tert-OH is 1. The molecule has 0 saturated carbocycles. The van der Waals surface area contributed by atoms with Gasteiger partial charge in [-0.15, -0.1) is 0 Å². The maximum absolute atomic E-state index is 13.5. The Kier molecular flexibility index (Phi) is 10.8. The first-order chi connectivity index (χ1) is 16.1. The molecule has 0 aromatic heterocycles. The van der Waals surface area contributed by atoms with E-state index in [4.69, 9.17) is 5.73 Å². The Balaban J connectivity index is 2.19. The molecule has 1 heterocycles. The molecule has 1 aliphatic rings. The van der Waals surface area contributed by atoms with Gasteiger partial charge >= 0.3 is 5.97 Å². The Morgan fingerprint density at radius 1 is 1.21 bits per heavy atom. The van der Waals surface area contributed by atoms with Gasteiger partial charge < -0.3 is 31.5 Å². The Hall–Kier alpha value is -2.63. The Bertz CT molecular complexity index is 853. The van der Waals surface area contributed by atoms with Crippen LogP contribution in [-0.2, 0) is 25.6 Å². The first kappa shape index (κ1) is 27.6. The smallest absolute Gasteiger partial charge is 0.328 e. The molecular formula is C23H34N4O6S. The fourth-order valence-electron chi connectivity index (χ4n) is 3.85. The number of hydrogen-bond acceptors (Lipinski definition) is 7. The van der Waals surface area contributed by atoms with Crippen LogP contribution in [0.15, 0.2) is 30.3 Å². The number of nitrogens with two attached hydrogens (primary N) is 1. The zero-order valence-corrected chi connectivity index (χ0v) is 20.3. The molecule has 188 valence electrons. The van der Waals surface area contributed by atoms with E-state index in [-0.39, 0.29) is 6.42 Å². The predicted octanol–water partition coefficient (Wildman–Crippen LogP) is -0.264. The van der Waals surface area contributed by atoms with Gasteiger partial charge in [-0.05, 0) is 43.8 Å². The minimum atomic E-state index is -1.49. The van der Waals surface area contributed by atoms with Crippen LogP contribution in [0.25, 0.3) is 0 Å². The van der Waals surface area contributed by atoms with E-state index >= 15 is 0 Å². The summed E-state index contributed by atoms with van der Waals surface area (Å²) in [4.78, 5) is 51.8. The summed E-state index contributed by atoms with van der Waals surface area (Å²) in [6.45, 7) is 1.56. The minimum absolute atomic E-state index is 0.219. The van der Waals surface area contributed by atoms with E-state index in [0.717, 1.165) is 5.56 Å². The highest BCUT2D eigenvalue weighted by atomic mass is 32.2. The van der Waals surface area contributed by atoms with Gasteiger partial charge in [0.05, 0.1) is 12.1 Å². The highest BCUT2D eigenvalue weighted by Crippen LogP contribution is 2.20. The van der Waals surface area contributed by atoms with Gasteiger partial charge in [-0.25, -0.2) is 4.79 Å². The largest absolute Gasteiger partial charge is 0.480 e. The molecule has 0 aliphatic carbocycles. The zero-order chi connectivity index (χ0) is 25.3. The molecular weight excluding hydrogens is 460 g/mol. The standard InChI is InChI=1S/C23H34N4O6S/c1-14(28)19(23(32)33)26-21(30)18-9-6-11-27(18)22(31)17(13-15-7-4-3-5-8-15)25-20(29)16(24)10-12-34-2/h3-5,7-8,14,16-19,28H,6,9-13,24H2,1-2H3,(H,25,29)(H,26,30)(H,32,33). The molecule has 10 nitrogen and oxygen atoms in total. The fraction of sp³-hybridized carbons (Fsp3) is 0.565. The van der Waals surface area contributed by atoms with Crippen molar-refractivity contribution in [2.24, 2.45) is 5.73 Å². The third-order valence-electron chi connectivity index (χ3n) is 5.75. The monoisotopic (exact) mass is 494 g/mol. The molecule has 0 spiro atoms. The van der Waals surface area contributed by atoms with Crippen LogP contribution in [0.2, 0.25) is 0 Å². The lowest BCUT2D eigenvalue weighted by molar-refractivity contribution is -0.147. The number of nitrogens with zero attached hydrogens (tertiary/aromatic N) is 1. The summed E-state index contributed by atoms with van der Waals surface area (Å²) in [7, 11) is 0. The number of nitrogens with one attached hydrogen (secondary N) is 2. The average molecular weight is 495 g/mol. The molecule has 34 heavy (non-hydrogen) atoms. The van der Waals surface area contributed by atoms with Crippen LogP contribution in [0.5, 0.6) is 0 Å². The number of hydrogen-bond donors (Lipinski definition) is 5. The van der Waals surface area contributed by atoms with Crippen molar-refractivity contribution in [3.63, 3.8) is 0 Å². The number of amides is 3. The number of benzene rings is 1. The number of likely N-dealkylation sites (tertiary alicyclic amines) is 1. The number of rotatable bonds is 12. The molecule has 1 aliphatic heterocycles. The predicted molar refractivity (Wildman–Crippen MR) is 129 cm³/mol. The molecule has 1 fully saturated rings. The molecule has 6 N–H and O–H groups in total. The van der Waals surface area contributed by atoms with Crippen molar-refractivity contribution in [2.45, 2.75) is 62.9 Å². The summed E-state index contributed by atoms with van der Waals surface area (Å²) < 4.78 is 0. The van der Waals surface area contributed by atoms with Crippen LogP contribution in [-0.4, -0.2) is 87.6 Å². The third kappa shape index (κ3) is 7.71. The van der Waals surface area contributed by atoms with Gasteiger partial charge in [0, 0.05) is 13.0 Å². The second-order valence-electron chi connectivity index (χ2n) is 8.39. The van der Waals surface area contributed by atoms with Crippen molar-refractivity contribution in [1.29, 1.82) is 0 Å². The number of carboxylic acids is 1. The van der Waals surface area contributed by atoms with E-state index in [2.05, 4.69) is 10.6 Å². The van der Waals surface area contributed by atoms with E-state index in [1.807, 2.05) is 36.6 Å². The minimum Gasteiger partial charge on any atom is -0.480 e. The van der Waals surface area contributed by atoms with E-state index < -0.39 is 54.0 Å². The van der Waals surface area contributed by atoms with Crippen LogP contribution < -0.4 is 16.4 Å². The van der Waals surface area contributed by atoms with E-state index in [1.165, 1.54) is 11.8 Å². The molecule has 0 bridgehead atoms. The highest BCUT2D eigenvalue weighted by molar-refractivity contribution is 7.98. The number of thioether (sulfide) groups is 1. The molecule has 0 radical (unpaired) electrons. The summed E-state index contributed by atoms with van der Waals surface area (Å²) in [6.07, 6.45) is 2.19. The summed E-state index contributed by atoms with van der Waals surface area (Å²) >= 11 is 1.57. The van der Waals surface area contributed by atoms with Crippen LogP contribution >= 0.6 is 11.8 Å². The lowest BCUT2D eigenvalue weighted by Crippen LogP contribution is -2.58. The Labute approximate surface area is 203 Å². The Morgan fingerprint density at radius 3 is 2.47 bits per heavy atom. The maximum Gasteiger partial charge on any atom is 0.328 e. The van der Waals surface area contributed by atoms with E-state index in [9.17, 15) is 29.4 Å². The van der Waals surface area contributed by atoms with E-state index in [0.29, 0.717) is 31.6 Å².